The predicted molar refractivity (Wildman–Crippen MR) is 70.8 cm³/mol. The van der Waals surface area contributed by atoms with E-state index in [9.17, 15) is 13.2 Å². The highest BCUT2D eigenvalue weighted by Crippen LogP contribution is 2.15. The number of hydrogen-bond donors (Lipinski definition) is 2. The minimum Gasteiger partial charge on any atom is -0.378 e. The molecule has 2 N–H and O–H groups in total. The highest BCUT2D eigenvalue weighted by atomic mass is 32.2. The first-order chi connectivity index (χ1) is 8.97. The Bertz CT molecular complexity index is 565. The fourth-order valence-corrected chi connectivity index (χ4v) is 2.43. The highest BCUT2D eigenvalue weighted by molar-refractivity contribution is 7.90. The van der Waals surface area contributed by atoms with Gasteiger partial charge in [0.1, 0.15) is 6.04 Å². The number of anilines is 1. The van der Waals surface area contributed by atoms with Crippen LogP contribution in [-0.2, 0) is 19.4 Å². The van der Waals surface area contributed by atoms with Gasteiger partial charge in [-0.15, -0.1) is 0 Å². The first-order valence-corrected chi connectivity index (χ1v) is 7.78. The summed E-state index contributed by atoms with van der Waals surface area (Å²) in [6.07, 6.45) is 1.13. The summed E-state index contributed by atoms with van der Waals surface area (Å²) in [6.45, 7) is 1.53. The Hall–Kier alpha value is -1.44. The van der Waals surface area contributed by atoms with Crippen molar-refractivity contribution in [3.63, 3.8) is 0 Å². The lowest BCUT2D eigenvalue weighted by Crippen LogP contribution is -2.48. The third kappa shape index (κ3) is 3.76. The predicted octanol–water partition coefficient (Wildman–Crippen LogP) is 0.0170. The summed E-state index contributed by atoms with van der Waals surface area (Å²) in [5.41, 5.74) is 0.459. The minimum atomic E-state index is -3.28. The largest absolute Gasteiger partial charge is 0.378 e. The number of ether oxygens (including phenoxy) is 1. The molecule has 1 saturated heterocycles. The van der Waals surface area contributed by atoms with E-state index in [-0.39, 0.29) is 10.8 Å². The molecule has 0 aliphatic carbocycles. The Balaban J connectivity index is 2.08. The van der Waals surface area contributed by atoms with E-state index in [4.69, 9.17) is 4.74 Å². The summed E-state index contributed by atoms with van der Waals surface area (Å²) in [5.74, 6) is -0.231. The maximum Gasteiger partial charge on any atom is 0.243 e. The van der Waals surface area contributed by atoms with Crippen LogP contribution in [0.15, 0.2) is 29.2 Å². The van der Waals surface area contributed by atoms with Crippen molar-refractivity contribution in [1.82, 2.24) is 5.32 Å². The number of benzene rings is 1. The summed E-state index contributed by atoms with van der Waals surface area (Å²) >= 11 is 0. The van der Waals surface area contributed by atoms with E-state index in [0.29, 0.717) is 25.4 Å². The van der Waals surface area contributed by atoms with Crippen molar-refractivity contribution < 1.29 is 17.9 Å². The highest BCUT2D eigenvalue weighted by Gasteiger charge is 2.21. The molecular formula is C12H16N2O4S. The summed E-state index contributed by atoms with van der Waals surface area (Å²) < 4.78 is 28.1. The average molecular weight is 284 g/mol. The number of amides is 1. The van der Waals surface area contributed by atoms with Gasteiger partial charge >= 0.3 is 0 Å². The van der Waals surface area contributed by atoms with Crippen LogP contribution in [-0.4, -0.2) is 46.4 Å². The summed E-state index contributed by atoms with van der Waals surface area (Å²) in [5, 5.41) is 5.71. The lowest BCUT2D eigenvalue weighted by molar-refractivity contribution is -0.120. The number of carbonyl (C=O) groups excluding carboxylic acids is 1. The van der Waals surface area contributed by atoms with Crippen LogP contribution in [0.25, 0.3) is 0 Å². The van der Waals surface area contributed by atoms with Gasteiger partial charge in [0, 0.05) is 18.5 Å². The summed E-state index contributed by atoms with van der Waals surface area (Å²) in [6, 6.07) is 5.77. The molecular weight excluding hydrogens is 268 g/mol. The molecule has 1 unspecified atom stereocenters. The number of sulfone groups is 1. The maximum atomic E-state index is 11.9. The molecule has 0 bridgehead atoms. The van der Waals surface area contributed by atoms with Crippen LogP contribution in [0.5, 0.6) is 0 Å². The third-order valence-electron chi connectivity index (χ3n) is 2.77. The normalized spacial score (nSPS) is 19.9. The fraction of sp³-hybridized carbons (Fsp3) is 0.417. The van der Waals surface area contributed by atoms with Crippen molar-refractivity contribution in [3.05, 3.63) is 24.3 Å². The lowest BCUT2D eigenvalue weighted by atomic mass is 10.2. The van der Waals surface area contributed by atoms with Crippen molar-refractivity contribution in [3.8, 4) is 0 Å². The molecule has 104 valence electrons. The van der Waals surface area contributed by atoms with Gasteiger partial charge in [-0.25, -0.2) is 8.42 Å². The Labute approximate surface area is 112 Å². The van der Waals surface area contributed by atoms with Crippen molar-refractivity contribution in [2.75, 3.05) is 31.3 Å². The molecule has 19 heavy (non-hydrogen) atoms. The van der Waals surface area contributed by atoms with E-state index in [2.05, 4.69) is 10.6 Å². The van der Waals surface area contributed by atoms with Crippen molar-refractivity contribution in [2.45, 2.75) is 10.9 Å². The van der Waals surface area contributed by atoms with E-state index in [1.165, 1.54) is 12.1 Å². The van der Waals surface area contributed by atoms with Crippen molar-refractivity contribution in [2.24, 2.45) is 0 Å². The quantitative estimate of drug-likeness (QED) is 0.817. The molecule has 1 fully saturated rings. The van der Waals surface area contributed by atoms with E-state index in [0.717, 1.165) is 6.26 Å². The Morgan fingerprint density at radius 1 is 1.47 bits per heavy atom. The average Bonchev–Trinajstić information content (AvgIpc) is 2.39. The second-order valence-electron chi connectivity index (χ2n) is 4.37. The van der Waals surface area contributed by atoms with Gasteiger partial charge in [-0.1, -0.05) is 6.07 Å². The third-order valence-corrected chi connectivity index (χ3v) is 3.88. The van der Waals surface area contributed by atoms with E-state index in [1.807, 2.05) is 0 Å². The molecule has 0 saturated carbocycles. The van der Waals surface area contributed by atoms with Crippen LogP contribution in [0.3, 0.4) is 0 Å². The van der Waals surface area contributed by atoms with Gasteiger partial charge in [-0.3, -0.25) is 4.79 Å². The van der Waals surface area contributed by atoms with Crippen LogP contribution in [0, 0.1) is 0 Å². The molecule has 2 rings (SSSR count). The number of nitrogens with one attached hydrogen (secondary N) is 2. The molecule has 1 aromatic carbocycles. The van der Waals surface area contributed by atoms with Gasteiger partial charge < -0.3 is 15.4 Å². The lowest BCUT2D eigenvalue weighted by Gasteiger charge is -2.22. The van der Waals surface area contributed by atoms with Crippen LogP contribution >= 0.6 is 0 Å². The van der Waals surface area contributed by atoms with Gasteiger partial charge in [-0.05, 0) is 18.2 Å². The van der Waals surface area contributed by atoms with Gasteiger partial charge in [0.2, 0.25) is 5.91 Å². The summed E-state index contributed by atoms with van der Waals surface area (Å²) in [7, 11) is -3.28. The molecule has 1 aliphatic rings. The fourth-order valence-electron chi connectivity index (χ4n) is 1.77. The van der Waals surface area contributed by atoms with Crippen molar-refractivity contribution in [1.29, 1.82) is 0 Å². The zero-order valence-corrected chi connectivity index (χ0v) is 11.4. The SMILES string of the molecule is CS(=O)(=O)c1cccc(NC(=O)C2COCCN2)c1. The van der Waals surface area contributed by atoms with Gasteiger partial charge in [0.05, 0.1) is 18.1 Å². The molecule has 0 radical (unpaired) electrons. The minimum absolute atomic E-state index is 0.179. The standard InChI is InChI=1S/C12H16N2O4S/c1-19(16,17)10-4-2-3-9(7-10)14-12(15)11-8-18-6-5-13-11/h2-4,7,11,13H,5-6,8H2,1H3,(H,14,15). The molecule has 0 spiro atoms. The molecule has 1 heterocycles. The van der Waals surface area contributed by atoms with Crippen LogP contribution in [0.1, 0.15) is 0 Å². The number of hydrogen-bond acceptors (Lipinski definition) is 5. The topological polar surface area (TPSA) is 84.5 Å². The second kappa shape index (κ2) is 5.68. The Morgan fingerprint density at radius 2 is 2.26 bits per heavy atom. The monoisotopic (exact) mass is 284 g/mol. The van der Waals surface area contributed by atoms with Gasteiger partial charge in [0.25, 0.3) is 0 Å². The summed E-state index contributed by atoms with van der Waals surface area (Å²) in [4.78, 5) is 12.1. The van der Waals surface area contributed by atoms with Crippen LogP contribution in [0.4, 0.5) is 5.69 Å². The molecule has 1 amide bonds. The first-order valence-electron chi connectivity index (χ1n) is 5.89. The number of morpholine rings is 1. The van der Waals surface area contributed by atoms with Crippen LogP contribution < -0.4 is 10.6 Å². The zero-order chi connectivity index (χ0) is 13.9. The maximum absolute atomic E-state index is 11.9. The Kier molecular flexibility index (Phi) is 4.18. The number of carbonyl (C=O) groups is 1. The molecule has 1 aliphatic heterocycles. The van der Waals surface area contributed by atoms with Crippen molar-refractivity contribution >= 4 is 21.4 Å². The van der Waals surface area contributed by atoms with Gasteiger partial charge in [0.15, 0.2) is 9.84 Å². The second-order valence-corrected chi connectivity index (χ2v) is 6.39. The first kappa shape index (κ1) is 14.0. The molecule has 0 aromatic heterocycles. The smallest absolute Gasteiger partial charge is 0.243 e. The molecule has 6 nitrogen and oxygen atoms in total. The molecule has 7 heteroatoms. The van der Waals surface area contributed by atoms with E-state index < -0.39 is 15.9 Å². The van der Waals surface area contributed by atoms with E-state index in [1.54, 1.807) is 12.1 Å². The van der Waals surface area contributed by atoms with Crippen LogP contribution in [0.2, 0.25) is 0 Å². The zero-order valence-electron chi connectivity index (χ0n) is 10.5. The number of rotatable bonds is 3. The van der Waals surface area contributed by atoms with E-state index >= 15 is 0 Å². The Morgan fingerprint density at radius 3 is 2.89 bits per heavy atom. The van der Waals surface area contributed by atoms with Gasteiger partial charge in [-0.2, -0.15) is 0 Å². The molecule has 1 atom stereocenters. The molecule has 1 aromatic rings.